The molecule has 3 N–H and O–H groups in total. The van der Waals surface area contributed by atoms with Crippen molar-refractivity contribution in [2.24, 2.45) is 0 Å². The van der Waals surface area contributed by atoms with Gasteiger partial charge in [0.15, 0.2) is 0 Å². The number of hydrogen-bond acceptors (Lipinski definition) is 3. The average molecular weight is 346 g/mol. The number of hydrogen-bond donors (Lipinski definition) is 2. The lowest BCUT2D eigenvalue weighted by Crippen LogP contribution is -2.22. The minimum atomic E-state index is -0.225. The predicted octanol–water partition coefficient (Wildman–Crippen LogP) is 3.68. The molecule has 0 atom stereocenters. The molecule has 0 bridgehead atoms. The lowest BCUT2D eigenvalue weighted by molar-refractivity contribution is 0.0951. The third-order valence-corrected chi connectivity index (χ3v) is 4.31. The Balaban J connectivity index is 2.05. The van der Waals surface area contributed by atoms with Gasteiger partial charge >= 0.3 is 0 Å². The molecule has 0 radical (unpaired) electrons. The van der Waals surface area contributed by atoms with Gasteiger partial charge in [-0.25, -0.2) is 0 Å². The van der Waals surface area contributed by atoms with Crippen LogP contribution in [-0.2, 0) is 6.54 Å². The summed E-state index contributed by atoms with van der Waals surface area (Å²) in [6.45, 7) is 0.472. The number of rotatable bonds is 3. The second-order valence-corrected chi connectivity index (χ2v) is 5.97. The first kappa shape index (κ1) is 13.4. The first-order chi connectivity index (χ1) is 8.56. The van der Waals surface area contributed by atoms with Gasteiger partial charge < -0.3 is 11.1 Å². The molecule has 0 aliphatic heterocycles. The maximum atomic E-state index is 11.9. The molecule has 0 saturated carbocycles. The van der Waals surface area contributed by atoms with Gasteiger partial charge in [0.1, 0.15) is 0 Å². The van der Waals surface area contributed by atoms with E-state index in [2.05, 4.69) is 21.2 Å². The van der Waals surface area contributed by atoms with E-state index < -0.39 is 0 Å². The number of carbonyl (C=O) groups is 1. The number of anilines is 1. The Labute approximate surface area is 122 Å². The molecule has 0 unspecified atom stereocenters. The molecule has 0 aliphatic rings. The standard InChI is InChI=1S/C12H10BrClN2OS/c13-7-3-9(18-6-7)5-16-12(17)10-4-8(15)1-2-11(10)14/h1-4,6H,5,15H2,(H,16,17). The lowest BCUT2D eigenvalue weighted by atomic mass is 10.2. The molecule has 1 heterocycles. The first-order valence-electron chi connectivity index (χ1n) is 5.12. The number of halogens is 2. The molecular weight excluding hydrogens is 336 g/mol. The van der Waals surface area contributed by atoms with Crippen LogP contribution in [0.25, 0.3) is 0 Å². The third-order valence-electron chi connectivity index (χ3n) is 2.28. The van der Waals surface area contributed by atoms with Crippen LogP contribution in [0.3, 0.4) is 0 Å². The smallest absolute Gasteiger partial charge is 0.253 e. The van der Waals surface area contributed by atoms with E-state index in [1.807, 2.05) is 11.4 Å². The molecule has 0 fully saturated rings. The van der Waals surface area contributed by atoms with Gasteiger partial charge in [0, 0.05) is 20.4 Å². The van der Waals surface area contributed by atoms with Gasteiger partial charge in [-0.2, -0.15) is 0 Å². The normalized spacial score (nSPS) is 10.3. The Morgan fingerprint density at radius 1 is 1.44 bits per heavy atom. The van der Waals surface area contributed by atoms with Crippen LogP contribution in [0.4, 0.5) is 5.69 Å². The molecule has 2 aromatic rings. The summed E-state index contributed by atoms with van der Waals surface area (Å²) in [6, 6.07) is 6.82. The SMILES string of the molecule is Nc1ccc(Cl)c(C(=O)NCc2cc(Br)cs2)c1. The molecule has 1 amide bonds. The lowest BCUT2D eigenvalue weighted by Gasteiger charge is -2.06. The van der Waals surface area contributed by atoms with Gasteiger partial charge in [-0.05, 0) is 40.2 Å². The van der Waals surface area contributed by atoms with E-state index in [9.17, 15) is 4.79 Å². The number of thiophene rings is 1. The Morgan fingerprint density at radius 3 is 2.89 bits per heavy atom. The summed E-state index contributed by atoms with van der Waals surface area (Å²) >= 11 is 10.9. The second kappa shape index (κ2) is 5.73. The number of benzene rings is 1. The molecule has 0 spiro atoms. The highest BCUT2D eigenvalue weighted by Gasteiger charge is 2.10. The summed E-state index contributed by atoms with van der Waals surface area (Å²) in [7, 11) is 0. The van der Waals surface area contributed by atoms with Crippen LogP contribution >= 0.6 is 38.9 Å². The van der Waals surface area contributed by atoms with E-state index in [1.165, 1.54) is 0 Å². The van der Waals surface area contributed by atoms with Crippen molar-refractivity contribution in [3.63, 3.8) is 0 Å². The maximum Gasteiger partial charge on any atom is 0.253 e. The van der Waals surface area contributed by atoms with Gasteiger partial charge in [-0.1, -0.05) is 11.6 Å². The zero-order valence-electron chi connectivity index (χ0n) is 9.24. The minimum absolute atomic E-state index is 0.225. The monoisotopic (exact) mass is 344 g/mol. The Hall–Kier alpha value is -1.04. The van der Waals surface area contributed by atoms with E-state index in [-0.39, 0.29) is 5.91 Å². The summed E-state index contributed by atoms with van der Waals surface area (Å²) in [6.07, 6.45) is 0. The molecule has 0 saturated heterocycles. The van der Waals surface area contributed by atoms with E-state index in [0.29, 0.717) is 22.8 Å². The van der Waals surface area contributed by atoms with Crippen molar-refractivity contribution < 1.29 is 4.79 Å². The summed E-state index contributed by atoms with van der Waals surface area (Å²) in [5.74, 6) is -0.225. The number of carbonyl (C=O) groups excluding carboxylic acids is 1. The van der Waals surface area contributed by atoms with Crippen LogP contribution in [0.2, 0.25) is 5.02 Å². The summed E-state index contributed by atoms with van der Waals surface area (Å²) in [5.41, 5.74) is 6.55. The average Bonchev–Trinajstić information content (AvgIpc) is 2.75. The van der Waals surface area contributed by atoms with Crippen molar-refractivity contribution in [2.45, 2.75) is 6.54 Å². The van der Waals surface area contributed by atoms with Crippen molar-refractivity contribution in [1.82, 2.24) is 5.32 Å². The van der Waals surface area contributed by atoms with Crippen LogP contribution in [0.15, 0.2) is 34.1 Å². The van der Waals surface area contributed by atoms with Gasteiger partial charge in [0.05, 0.1) is 17.1 Å². The van der Waals surface area contributed by atoms with Crippen LogP contribution in [0.5, 0.6) is 0 Å². The van der Waals surface area contributed by atoms with Gasteiger partial charge in [-0.15, -0.1) is 11.3 Å². The van der Waals surface area contributed by atoms with Crippen molar-refractivity contribution in [1.29, 1.82) is 0 Å². The molecular formula is C12H10BrClN2OS. The van der Waals surface area contributed by atoms with Gasteiger partial charge in [-0.3, -0.25) is 4.79 Å². The van der Waals surface area contributed by atoms with E-state index in [1.54, 1.807) is 29.5 Å². The van der Waals surface area contributed by atoms with Crippen LogP contribution in [0, 0.1) is 0 Å². The van der Waals surface area contributed by atoms with E-state index >= 15 is 0 Å². The molecule has 1 aromatic carbocycles. The molecule has 6 heteroatoms. The Bertz CT molecular complexity index is 585. The minimum Gasteiger partial charge on any atom is -0.399 e. The van der Waals surface area contributed by atoms with E-state index in [4.69, 9.17) is 17.3 Å². The highest BCUT2D eigenvalue weighted by Crippen LogP contribution is 2.21. The van der Waals surface area contributed by atoms with Crippen molar-refractivity contribution >= 4 is 50.5 Å². The number of nitrogens with two attached hydrogens (primary N) is 1. The molecule has 0 aliphatic carbocycles. The molecule has 18 heavy (non-hydrogen) atoms. The van der Waals surface area contributed by atoms with Crippen molar-refractivity contribution in [3.05, 3.63) is 49.6 Å². The number of amides is 1. The fourth-order valence-corrected chi connectivity index (χ4v) is 3.02. The second-order valence-electron chi connectivity index (χ2n) is 3.65. The van der Waals surface area contributed by atoms with Crippen LogP contribution < -0.4 is 11.1 Å². The van der Waals surface area contributed by atoms with Crippen molar-refractivity contribution in [2.75, 3.05) is 5.73 Å². The summed E-state index contributed by atoms with van der Waals surface area (Å²) in [5, 5.41) is 5.17. The summed E-state index contributed by atoms with van der Waals surface area (Å²) < 4.78 is 1.01. The molecule has 1 aromatic heterocycles. The van der Waals surface area contributed by atoms with Crippen LogP contribution in [-0.4, -0.2) is 5.91 Å². The molecule has 3 nitrogen and oxygen atoms in total. The highest BCUT2D eigenvalue weighted by atomic mass is 79.9. The fourth-order valence-electron chi connectivity index (χ4n) is 1.43. The van der Waals surface area contributed by atoms with Crippen LogP contribution in [0.1, 0.15) is 15.2 Å². The zero-order chi connectivity index (χ0) is 13.1. The number of nitrogens with one attached hydrogen (secondary N) is 1. The fraction of sp³-hybridized carbons (Fsp3) is 0.0833. The predicted molar refractivity (Wildman–Crippen MR) is 79.1 cm³/mol. The van der Waals surface area contributed by atoms with E-state index in [0.717, 1.165) is 9.35 Å². The molecule has 2 rings (SSSR count). The Morgan fingerprint density at radius 2 is 2.22 bits per heavy atom. The number of nitrogen functional groups attached to an aromatic ring is 1. The third kappa shape index (κ3) is 3.25. The quantitative estimate of drug-likeness (QED) is 0.834. The highest BCUT2D eigenvalue weighted by molar-refractivity contribution is 9.10. The largest absolute Gasteiger partial charge is 0.399 e. The Kier molecular flexibility index (Phi) is 4.27. The summed E-state index contributed by atoms with van der Waals surface area (Å²) in [4.78, 5) is 13.0. The zero-order valence-corrected chi connectivity index (χ0v) is 12.4. The first-order valence-corrected chi connectivity index (χ1v) is 7.17. The molecule has 94 valence electrons. The van der Waals surface area contributed by atoms with Crippen molar-refractivity contribution in [3.8, 4) is 0 Å². The maximum absolute atomic E-state index is 11.9. The van der Waals surface area contributed by atoms with Gasteiger partial charge in [0.25, 0.3) is 5.91 Å². The van der Waals surface area contributed by atoms with Gasteiger partial charge in [0.2, 0.25) is 0 Å². The topological polar surface area (TPSA) is 55.1 Å².